The van der Waals surface area contributed by atoms with Crippen LogP contribution in [-0.4, -0.2) is 53.1 Å². The number of nitrogens with zero attached hydrogens (tertiary/aromatic N) is 1. The molecule has 0 aromatic carbocycles. The minimum absolute atomic E-state index is 0.0688. The largest absolute Gasteiger partial charge is 0.353 e. The summed E-state index contributed by atoms with van der Waals surface area (Å²) in [6.45, 7) is -0.181. The van der Waals surface area contributed by atoms with E-state index in [9.17, 15) is 28.8 Å². The molecule has 4 bridgehead atoms. The number of rotatable bonds is 11. The summed E-state index contributed by atoms with van der Waals surface area (Å²) in [5.74, 6) is -0.469. The normalized spacial score (nSPS) is 24.5. The number of halogens is 1. The highest BCUT2D eigenvalue weighted by atomic mass is 79.9. The Labute approximate surface area is 255 Å². The number of amides is 4. The molecule has 6 rings (SSSR count). The first-order valence-corrected chi connectivity index (χ1v) is 15.8. The monoisotopic (exact) mass is 659 g/mol. The number of nitrogens with one attached hydrogen (secondary N) is 4. The van der Waals surface area contributed by atoms with Gasteiger partial charge < -0.3 is 25.8 Å². The van der Waals surface area contributed by atoms with Crippen molar-refractivity contribution >= 4 is 62.4 Å². The van der Waals surface area contributed by atoms with Crippen LogP contribution in [0.2, 0.25) is 0 Å². The Hall–Kier alpha value is -3.32. The predicted octanol–water partition coefficient (Wildman–Crippen LogP) is 2.45. The number of likely N-dealkylation sites (N-methyl/N-ethyl adjacent to an activating group) is 1. The van der Waals surface area contributed by atoms with Crippen LogP contribution in [0.15, 0.2) is 39.0 Å². The Bertz CT molecular complexity index is 1430. The molecule has 0 radical (unpaired) electrons. The Kier molecular flexibility index (Phi) is 9.26. The highest BCUT2D eigenvalue weighted by Crippen LogP contribution is 2.53. The first kappa shape index (κ1) is 30.1. The predicted molar refractivity (Wildman–Crippen MR) is 160 cm³/mol. The van der Waals surface area contributed by atoms with E-state index in [0.717, 1.165) is 41.3 Å². The van der Waals surface area contributed by atoms with Gasteiger partial charge >= 0.3 is 0 Å². The number of aromatic nitrogens is 1. The maximum absolute atomic E-state index is 13.3. The molecule has 0 unspecified atom stereocenters. The van der Waals surface area contributed by atoms with Gasteiger partial charge in [-0.15, -0.1) is 11.3 Å². The first-order valence-electron chi connectivity index (χ1n) is 14.2. The number of carbonyl (C=O) groups is 5. The molecule has 4 aliphatic rings. The van der Waals surface area contributed by atoms with Crippen molar-refractivity contribution in [3.63, 3.8) is 0 Å². The maximum atomic E-state index is 13.3. The number of pyridine rings is 1. The third kappa shape index (κ3) is 6.83. The second-order valence-corrected chi connectivity index (χ2v) is 14.0. The Balaban J connectivity index is 1.24. The zero-order valence-corrected chi connectivity index (χ0v) is 25.6. The van der Waals surface area contributed by atoms with E-state index >= 15 is 0 Å². The first-order chi connectivity index (χ1) is 20.1. The average molecular weight is 661 g/mol. The molecule has 224 valence electrons. The van der Waals surface area contributed by atoms with E-state index in [1.807, 2.05) is 0 Å². The van der Waals surface area contributed by atoms with E-state index in [1.165, 1.54) is 41.6 Å². The molecule has 0 aliphatic heterocycles. The highest BCUT2D eigenvalue weighted by Gasteiger charge is 2.48. The summed E-state index contributed by atoms with van der Waals surface area (Å²) in [6, 6.07) is 5.18. The lowest BCUT2D eigenvalue weighted by atomic mass is 9.54. The van der Waals surface area contributed by atoms with E-state index in [4.69, 9.17) is 0 Å². The number of carbonyl (C=O) groups excluding carboxylic acids is 5. The van der Waals surface area contributed by atoms with Crippen LogP contribution in [0.3, 0.4) is 0 Å². The number of anilines is 1. The van der Waals surface area contributed by atoms with Gasteiger partial charge in [0, 0.05) is 25.7 Å². The van der Waals surface area contributed by atoms with Crippen LogP contribution in [0.25, 0.3) is 0 Å². The molecule has 4 saturated carbocycles. The molecule has 2 aromatic rings. The molecule has 4 fully saturated rings. The van der Waals surface area contributed by atoms with Crippen LogP contribution < -0.4 is 26.8 Å². The summed E-state index contributed by atoms with van der Waals surface area (Å²) in [7, 11) is 1.32. The van der Waals surface area contributed by atoms with Gasteiger partial charge in [-0.2, -0.15) is 0 Å². The lowest BCUT2D eigenvalue weighted by Crippen LogP contribution is -2.56. The fourth-order valence-electron chi connectivity index (χ4n) is 6.99. The fraction of sp³-hybridized carbons (Fsp3) is 0.517. The minimum Gasteiger partial charge on any atom is -0.353 e. The highest BCUT2D eigenvalue weighted by molar-refractivity contribution is 9.11. The van der Waals surface area contributed by atoms with E-state index in [-0.39, 0.29) is 37.0 Å². The van der Waals surface area contributed by atoms with Crippen LogP contribution in [0.4, 0.5) is 5.69 Å². The van der Waals surface area contributed by atoms with Crippen molar-refractivity contribution in [1.82, 2.24) is 20.5 Å². The van der Waals surface area contributed by atoms with Gasteiger partial charge in [0.05, 0.1) is 8.66 Å². The summed E-state index contributed by atoms with van der Waals surface area (Å²) >= 11 is 4.46. The van der Waals surface area contributed by atoms with Crippen molar-refractivity contribution in [2.45, 2.75) is 63.6 Å². The molecule has 4 amide bonds. The SMILES string of the molecule is CNC(=O)C(=O)CC[C@H](NC(=O)c1ccc(Br)s1)C(=O)Nc1cccn(CC(=O)NC2C3CC4CC(C3)CC2C4)c1=O. The Morgan fingerprint density at radius 1 is 1.02 bits per heavy atom. The van der Waals surface area contributed by atoms with Crippen molar-refractivity contribution in [3.05, 3.63) is 49.5 Å². The third-order valence-electron chi connectivity index (χ3n) is 8.71. The van der Waals surface area contributed by atoms with E-state index in [1.54, 1.807) is 18.2 Å². The van der Waals surface area contributed by atoms with E-state index < -0.39 is 35.1 Å². The summed E-state index contributed by atoms with van der Waals surface area (Å²) < 4.78 is 1.97. The maximum Gasteiger partial charge on any atom is 0.287 e. The Morgan fingerprint density at radius 3 is 2.33 bits per heavy atom. The van der Waals surface area contributed by atoms with E-state index in [0.29, 0.717) is 16.7 Å². The van der Waals surface area contributed by atoms with Crippen LogP contribution in [0.1, 0.15) is 54.6 Å². The second-order valence-electron chi connectivity index (χ2n) is 11.5. The van der Waals surface area contributed by atoms with Crippen LogP contribution >= 0.6 is 27.3 Å². The summed E-state index contributed by atoms with van der Waals surface area (Å²) in [4.78, 5) is 76.4. The van der Waals surface area contributed by atoms with Gasteiger partial charge in [0.15, 0.2) is 0 Å². The number of thiophene rings is 1. The molecule has 42 heavy (non-hydrogen) atoms. The van der Waals surface area contributed by atoms with Crippen molar-refractivity contribution in [3.8, 4) is 0 Å². The van der Waals surface area contributed by atoms with Gasteiger partial charge in [-0.3, -0.25) is 28.8 Å². The van der Waals surface area contributed by atoms with Crippen LogP contribution in [0, 0.1) is 23.7 Å². The molecular weight excluding hydrogens is 626 g/mol. The molecule has 2 heterocycles. The molecule has 1 atom stereocenters. The molecule has 0 saturated heterocycles. The van der Waals surface area contributed by atoms with Gasteiger partial charge in [-0.1, -0.05) is 0 Å². The molecule has 4 N–H and O–H groups in total. The van der Waals surface area contributed by atoms with Gasteiger partial charge in [0.1, 0.15) is 18.3 Å². The second kappa shape index (κ2) is 12.9. The fourth-order valence-corrected chi connectivity index (χ4v) is 8.28. The topological polar surface area (TPSA) is 155 Å². The quantitative estimate of drug-likeness (QED) is 0.272. The van der Waals surface area contributed by atoms with Crippen LogP contribution in [-0.2, 0) is 25.7 Å². The number of Topliss-reactive ketones (excluding diaryl/α,β-unsaturated/α-hetero) is 1. The Morgan fingerprint density at radius 2 is 1.71 bits per heavy atom. The number of hydrogen-bond acceptors (Lipinski definition) is 7. The molecule has 2 aromatic heterocycles. The zero-order valence-electron chi connectivity index (χ0n) is 23.2. The van der Waals surface area contributed by atoms with Crippen LogP contribution in [0.5, 0.6) is 0 Å². The number of ketones is 1. The summed E-state index contributed by atoms with van der Waals surface area (Å²) in [5, 5.41) is 10.6. The average Bonchev–Trinajstić information content (AvgIpc) is 3.40. The lowest BCUT2D eigenvalue weighted by molar-refractivity contribution is -0.137. The lowest BCUT2D eigenvalue weighted by Gasteiger charge is -2.54. The molecule has 4 aliphatic carbocycles. The summed E-state index contributed by atoms with van der Waals surface area (Å²) in [6.07, 6.45) is 7.00. The van der Waals surface area contributed by atoms with Crippen molar-refractivity contribution in [1.29, 1.82) is 0 Å². The molecule has 0 spiro atoms. The van der Waals surface area contributed by atoms with E-state index in [2.05, 4.69) is 37.2 Å². The van der Waals surface area contributed by atoms with Crippen molar-refractivity contribution < 1.29 is 24.0 Å². The van der Waals surface area contributed by atoms with Crippen molar-refractivity contribution in [2.24, 2.45) is 23.7 Å². The van der Waals surface area contributed by atoms with Crippen molar-refractivity contribution in [2.75, 3.05) is 12.4 Å². The number of hydrogen-bond donors (Lipinski definition) is 4. The standard InChI is InChI=1S/C29H34BrN5O6S/c1-31-27(39)21(36)5-4-19(32-28(40)22-6-7-23(30)42-22)26(38)33-20-3-2-8-35(29(20)41)14-24(37)34-25-17-10-15-9-16(12-17)13-18(25)11-15/h2-3,6-8,15-19,25H,4-5,9-14H2,1H3,(H,31,39)(H,32,40)(H,33,38)(H,34,37)/t15?,16?,17?,18?,19-,25?/m0/s1. The van der Waals surface area contributed by atoms with Gasteiger partial charge in [-0.05, 0) is 102 Å². The molecule has 13 heteroatoms. The van der Waals surface area contributed by atoms with Gasteiger partial charge in [0.25, 0.3) is 17.4 Å². The van der Waals surface area contributed by atoms with Gasteiger partial charge in [-0.25, -0.2) is 0 Å². The third-order valence-corrected chi connectivity index (χ3v) is 10.3. The molecular formula is C29H34BrN5O6S. The smallest absolute Gasteiger partial charge is 0.287 e. The summed E-state index contributed by atoms with van der Waals surface area (Å²) in [5.41, 5.74) is -0.638. The minimum atomic E-state index is -1.21. The molecule has 11 nitrogen and oxygen atoms in total. The zero-order chi connectivity index (χ0) is 30.0. The van der Waals surface area contributed by atoms with Gasteiger partial charge in [0.2, 0.25) is 17.6 Å².